The van der Waals surface area contributed by atoms with Gasteiger partial charge in [-0.15, -0.1) is 11.3 Å². The van der Waals surface area contributed by atoms with E-state index in [2.05, 4.69) is 9.73 Å². The Hall–Kier alpha value is -3.83. The van der Waals surface area contributed by atoms with E-state index in [1.54, 1.807) is 22.2 Å². The fourth-order valence-corrected chi connectivity index (χ4v) is 3.68. The summed E-state index contributed by atoms with van der Waals surface area (Å²) >= 11 is 7.39. The van der Waals surface area contributed by atoms with Crippen LogP contribution in [0.15, 0.2) is 59.0 Å². The van der Waals surface area contributed by atoms with E-state index in [0.29, 0.717) is 16.4 Å². The minimum atomic E-state index is -1.03. The third-order valence-corrected chi connectivity index (χ3v) is 5.45. The maximum Gasteiger partial charge on any atom is 0.338 e. The Balaban J connectivity index is 1.73. The predicted octanol–water partition coefficient (Wildman–Crippen LogP) is 3.23. The van der Waals surface area contributed by atoms with Gasteiger partial charge >= 0.3 is 11.9 Å². The Bertz CT molecular complexity index is 1300. The molecule has 0 saturated heterocycles. The summed E-state index contributed by atoms with van der Waals surface area (Å²) in [4.78, 5) is 51.0. The molecule has 0 aliphatic heterocycles. The average Bonchev–Trinajstić information content (AvgIpc) is 3.24. The molecule has 1 aromatic heterocycles. The van der Waals surface area contributed by atoms with Crippen molar-refractivity contribution in [2.45, 2.75) is 6.54 Å². The zero-order valence-corrected chi connectivity index (χ0v) is 18.7. The summed E-state index contributed by atoms with van der Waals surface area (Å²) in [7, 11) is 1.10. The Morgan fingerprint density at radius 1 is 1.15 bits per heavy atom. The number of nitro benzene ring substituents is 1. The second kappa shape index (κ2) is 10.7. The zero-order chi connectivity index (χ0) is 24.0. The first-order valence-corrected chi connectivity index (χ1v) is 10.5. The van der Waals surface area contributed by atoms with Gasteiger partial charge in [0.25, 0.3) is 11.6 Å². The fraction of sp³-hybridized carbons (Fsp3) is 0.143. The molecule has 0 bridgehead atoms. The highest BCUT2D eigenvalue weighted by atomic mass is 35.5. The number of non-ortho nitro benzene ring substituents is 1. The van der Waals surface area contributed by atoms with Crippen molar-refractivity contribution in [1.82, 2.24) is 4.57 Å². The SMILES string of the molecule is COC(=O)c1cc(C(=O)OCC(=O)N=c2sccn2Cc2ccccc2Cl)cc([N+](=O)[O-])c1. The van der Waals surface area contributed by atoms with Crippen molar-refractivity contribution in [3.8, 4) is 0 Å². The van der Waals surface area contributed by atoms with E-state index in [9.17, 15) is 24.5 Å². The van der Waals surface area contributed by atoms with Gasteiger partial charge in [-0.2, -0.15) is 4.99 Å². The number of hydrogen-bond acceptors (Lipinski definition) is 8. The molecule has 1 amide bonds. The summed E-state index contributed by atoms with van der Waals surface area (Å²) < 4.78 is 11.2. The van der Waals surface area contributed by atoms with Gasteiger partial charge in [0.15, 0.2) is 11.4 Å². The standard InChI is InChI=1S/C21H16ClN3O7S/c1-31-19(27)14-8-15(10-16(9-14)25(29)30)20(28)32-12-18(26)23-21-24(6-7-33-21)11-13-4-2-3-5-17(13)22/h2-10H,11-12H2,1H3. The first-order valence-electron chi connectivity index (χ1n) is 9.28. The number of benzene rings is 2. The lowest BCUT2D eigenvalue weighted by molar-refractivity contribution is -0.384. The molecule has 10 nitrogen and oxygen atoms in total. The number of esters is 2. The van der Waals surface area contributed by atoms with Crippen molar-refractivity contribution >= 4 is 46.5 Å². The number of carbonyl (C=O) groups is 3. The van der Waals surface area contributed by atoms with Crippen LogP contribution >= 0.6 is 22.9 Å². The maximum absolute atomic E-state index is 12.3. The van der Waals surface area contributed by atoms with Crippen LogP contribution in [0.5, 0.6) is 0 Å². The van der Waals surface area contributed by atoms with Crippen LogP contribution in [0, 0.1) is 10.1 Å². The number of methoxy groups -OCH3 is 1. The van der Waals surface area contributed by atoms with Gasteiger partial charge in [0.2, 0.25) is 0 Å². The lowest BCUT2D eigenvalue weighted by atomic mass is 10.1. The molecule has 3 aromatic rings. The molecule has 0 atom stereocenters. The Morgan fingerprint density at radius 2 is 1.85 bits per heavy atom. The lowest BCUT2D eigenvalue weighted by Gasteiger charge is -2.06. The average molecular weight is 490 g/mol. The molecule has 0 aliphatic rings. The highest BCUT2D eigenvalue weighted by Gasteiger charge is 2.20. The molecular weight excluding hydrogens is 474 g/mol. The molecule has 3 rings (SSSR count). The third-order valence-electron chi connectivity index (χ3n) is 4.29. The number of aromatic nitrogens is 1. The predicted molar refractivity (Wildman–Crippen MR) is 118 cm³/mol. The number of halogens is 1. The van der Waals surface area contributed by atoms with Crippen molar-refractivity contribution in [2.75, 3.05) is 13.7 Å². The number of amides is 1. The molecular formula is C21H16ClN3O7S. The van der Waals surface area contributed by atoms with Crippen molar-refractivity contribution in [3.05, 3.63) is 90.7 Å². The molecule has 0 fully saturated rings. The summed E-state index contributed by atoms with van der Waals surface area (Å²) in [5, 5.41) is 13.4. The van der Waals surface area contributed by atoms with E-state index in [1.165, 1.54) is 11.3 Å². The minimum absolute atomic E-state index is 0.200. The monoisotopic (exact) mass is 489 g/mol. The van der Waals surface area contributed by atoms with Gasteiger partial charge in [-0.05, 0) is 17.7 Å². The quantitative estimate of drug-likeness (QED) is 0.283. The number of nitro groups is 1. The van der Waals surface area contributed by atoms with Gasteiger partial charge in [-0.25, -0.2) is 9.59 Å². The zero-order valence-electron chi connectivity index (χ0n) is 17.1. The van der Waals surface area contributed by atoms with Crippen LogP contribution in [0.3, 0.4) is 0 Å². The fourth-order valence-electron chi connectivity index (χ4n) is 2.74. The number of thiazole rings is 1. The van der Waals surface area contributed by atoms with E-state index in [0.717, 1.165) is 30.9 Å². The number of hydrogen-bond donors (Lipinski definition) is 0. The smallest absolute Gasteiger partial charge is 0.338 e. The van der Waals surface area contributed by atoms with Crippen LogP contribution < -0.4 is 4.80 Å². The van der Waals surface area contributed by atoms with Crippen LogP contribution in [0.2, 0.25) is 5.02 Å². The molecule has 0 unspecified atom stereocenters. The van der Waals surface area contributed by atoms with Crippen LogP contribution in [-0.4, -0.2) is 41.1 Å². The molecule has 0 aliphatic carbocycles. The van der Waals surface area contributed by atoms with E-state index in [-0.39, 0.29) is 11.1 Å². The van der Waals surface area contributed by atoms with Gasteiger partial charge in [-0.3, -0.25) is 14.9 Å². The molecule has 0 saturated carbocycles. The normalized spacial score (nSPS) is 11.2. The van der Waals surface area contributed by atoms with Gasteiger partial charge in [0.05, 0.1) is 29.7 Å². The van der Waals surface area contributed by atoms with Crippen molar-refractivity contribution in [2.24, 2.45) is 4.99 Å². The number of ether oxygens (including phenoxy) is 2. The van der Waals surface area contributed by atoms with Gasteiger partial charge in [0.1, 0.15) is 0 Å². The molecule has 0 spiro atoms. The maximum atomic E-state index is 12.3. The summed E-state index contributed by atoms with van der Waals surface area (Å²) in [6.45, 7) is -0.307. The van der Waals surface area contributed by atoms with Crippen molar-refractivity contribution in [1.29, 1.82) is 0 Å². The van der Waals surface area contributed by atoms with E-state index in [4.69, 9.17) is 16.3 Å². The van der Waals surface area contributed by atoms with Crippen molar-refractivity contribution < 1.29 is 28.8 Å². The summed E-state index contributed by atoms with van der Waals surface area (Å²) in [6, 6.07) is 10.2. The van der Waals surface area contributed by atoms with E-state index in [1.807, 2.05) is 18.2 Å². The summed E-state index contributed by atoms with van der Waals surface area (Å²) in [5.74, 6) is -2.63. The van der Waals surface area contributed by atoms with Gasteiger partial charge in [-0.1, -0.05) is 29.8 Å². The van der Waals surface area contributed by atoms with Gasteiger partial charge < -0.3 is 14.0 Å². The van der Waals surface area contributed by atoms with Crippen molar-refractivity contribution in [3.63, 3.8) is 0 Å². The van der Waals surface area contributed by atoms with Crippen LogP contribution in [0.25, 0.3) is 0 Å². The lowest BCUT2D eigenvalue weighted by Crippen LogP contribution is -2.20. The molecule has 33 heavy (non-hydrogen) atoms. The highest BCUT2D eigenvalue weighted by molar-refractivity contribution is 7.07. The molecule has 1 heterocycles. The number of carbonyl (C=O) groups excluding carboxylic acids is 3. The molecule has 2 aromatic carbocycles. The first kappa shape index (κ1) is 23.8. The number of nitrogens with zero attached hydrogens (tertiary/aromatic N) is 3. The topological polar surface area (TPSA) is 130 Å². The molecule has 12 heteroatoms. The molecule has 0 N–H and O–H groups in total. The summed E-state index contributed by atoms with van der Waals surface area (Å²) in [5.41, 5.74) is -0.138. The van der Waals surface area contributed by atoms with E-state index >= 15 is 0 Å². The Labute approximate surface area is 195 Å². The largest absolute Gasteiger partial charge is 0.465 e. The highest BCUT2D eigenvalue weighted by Crippen LogP contribution is 2.19. The third kappa shape index (κ3) is 6.11. The summed E-state index contributed by atoms with van der Waals surface area (Å²) in [6.07, 6.45) is 1.74. The van der Waals surface area contributed by atoms with Crippen LogP contribution in [0.1, 0.15) is 26.3 Å². The van der Waals surface area contributed by atoms with E-state index < -0.39 is 35.1 Å². The second-order valence-electron chi connectivity index (χ2n) is 6.50. The molecule has 170 valence electrons. The molecule has 0 radical (unpaired) electrons. The van der Waals surface area contributed by atoms with Crippen LogP contribution in [0.4, 0.5) is 5.69 Å². The first-order chi connectivity index (χ1) is 15.8. The Kier molecular flexibility index (Phi) is 7.70. The van der Waals surface area contributed by atoms with Crippen LogP contribution in [-0.2, 0) is 20.8 Å². The Morgan fingerprint density at radius 3 is 2.52 bits per heavy atom. The minimum Gasteiger partial charge on any atom is -0.465 e. The second-order valence-corrected chi connectivity index (χ2v) is 7.78. The number of rotatable bonds is 7. The van der Waals surface area contributed by atoms with Gasteiger partial charge in [0, 0.05) is 28.7 Å².